The molecule has 0 aliphatic heterocycles. The molecule has 0 N–H and O–H groups in total. The minimum absolute atomic E-state index is 0.286. The van der Waals surface area contributed by atoms with Crippen LogP contribution in [0.3, 0.4) is 0 Å². The molecule has 21 heavy (non-hydrogen) atoms. The maximum absolute atomic E-state index is 11.9. The van der Waals surface area contributed by atoms with Crippen LogP contribution >= 0.6 is 0 Å². The van der Waals surface area contributed by atoms with E-state index in [9.17, 15) is 4.79 Å². The van der Waals surface area contributed by atoms with Gasteiger partial charge in [0, 0.05) is 36.8 Å². The molecule has 3 rings (SSSR count). The molecule has 0 atom stereocenters. The highest BCUT2D eigenvalue weighted by Crippen LogP contribution is 2.31. The molecule has 0 saturated heterocycles. The van der Waals surface area contributed by atoms with Gasteiger partial charge in [-0.15, -0.1) is 0 Å². The molecule has 1 aromatic carbocycles. The Morgan fingerprint density at radius 2 is 1.90 bits per heavy atom. The molecule has 0 spiro atoms. The quantitative estimate of drug-likeness (QED) is 0.691. The van der Waals surface area contributed by atoms with Gasteiger partial charge in [0.25, 0.3) is 0 Å². The number of carbonyl (C=O) groups is 1. The molecule has 0 saturated carbocycles. The summed E-state index contributed by atoms with van der Waals surface area (Å²) in [5.74, 6) is -0.286. The molecular formula is C17H18N2O2. The largest absolute Gasteiger partial charge is 0.461 e. The Kier molecular flexibility index (Phi) is 3.29. The first-order chi connectivity index (χ1) is 10.1. The van der Waals surface area contributed by atoms with E-state index >= 15 is 0 Å². The molecule has 2 aromatic heterocycles. The predicted octanol–water partition coefficient (Wildman–Crippen LogP) is 3.36. The number of aromatic nitrogens is 2. The maximum atomic E-state index is 11.9. The summed E-state index contributed by atoms with van der Waals surface area (Å²) in [4.78, 5) is 11.9. The number of rotatable bonds is 3. The number of carbonyl (C=O) groups excluding carboxylic acids is 1. The maximum Gasteiger partial charge on any atom is 0.354 e. The van der Waals surface area contributed by atoms with Crippen LogP contribution in [0.2, 0.25) is 0 Å². The van der Waals surface area contributed by atoms with Gasteiger partial charge in [-0.05, 0) is 25.1 Å². The first-order valence-electron chi connectivity index (χ1n) is 7.00. The lowest BCUT2D eigenvalue weighted by Crippen LogP contribution is -2.10. The fraction of sp³-hybridized carbons (Fsp3) is 0.235. The third-order valence-electron chi connectivity index (χ3n) is 3.78. The lowest BCUT2D eigenvalue weighted by Gasteiger charge is -2.06. The lowest BCUT2D eigenvalue weighted by molar-refractivity contribution is 0.0515. The van der Waals surface area contributed by atoms with E-state index in [0.29, 0.717) is 12.3 Å². The fourth-order valence-corrected chi connectivity index (χ4v) is 2.74. The van der Waals surface area contributed by atoms with Crippen molar-refractivity contribution in [3.05, 3.63) is 48.3 Å². The molecule has 2 heterocycles. The summed E-state index contributed by atoms with van der Waals surface area (Å²) < 4.78 is 9.07. The summed E-state index contributed by atoms with van der Waals surface area (Å²) in [6, 6.07) is 12.0. The van der Waals surface area contributed by atoms with Gasteiger partial charge in [-0.1, -0.05) is 18.2 Å². The molecule has 0 aliphatic carbocycles. The Morgan fingerprint density at radius 3 is 2.67 bits per heavy atom. The first-order valence-corrected chi connectivity index (χ1v) is 7.00. The first kappa shape index (κ1) is 13.5. The standard InChI is InChI=1S/C17H18N2O2/c1-4-21-17(20)16-10-9-15(19(16)3)13-11-18(2)14-8-6-5-7-12(13)14/h5-11H,4H2,1-3H3. The topological polar surface area (TPSA) is 36.2 Å². The third kappa shape index (κ3) is 2.13. The Labute approximate surface area is 123 Å². The van der Waals surface area contributed by atoms with Crippen molar-refractivity contribution in [3.8, 4) is 11.3 Å². The fourth-order valence-electron chi connectivity index (χ4n) is 2.74. The molecule has 0 aliphatic rings. The lowest BCUT2D eigenvalue weighted by atomic mass is 10.1. The molecule has 0 unspecified atom stereocenters. The molecule has 0 amide bonds. The number of para-hydroxylation sites is 1. The van der Waals surface area contributed by atoms with E-state index in [1.54, 1.807) is 0 Å². The second-order valence-electron chi connectivity index (χ2n) is 5.05. The molecule has 3 aromatic rings. The second-order valence-corrected chi connectivity index (χ2v) is 5.05. The summed E-state index contributed by atoms with van der Waals surface area (Å²) in [5, 5.41) is 1.18. The number of nitrogens with zero attached hydrogens (tertiary/aromatic N) is 2. The Bertz CT molecular complexity index is 811. The van der Waals surface area contributed by atoms with Crippen LogP contribution in [0.5, 0.6) is 0 Å². The monoisotopic (exact) mass is 282 g/mol. The van der Waals surface area contributed by atoms with Crippen molar-refractivity contribution >= 4 is 16.9 Å². The Morgan fingerprint density at radius 1 is 1.14 bits per heavy atom. The van der Waals surface area contributed by atoms with Gasteiger partial charge in [-0.2, -0.15) is 0 Å². The van der Waals surface area contributed by atoms with E-state index in [1.165, 1.54) is 10.9 Å². The second kappa shape index (κ2) is 5.13. The zero-order valence-electron chi connectivity index (χ0n) is 12.5. The number of esters is 1. The van der Waals surface area contributed by atoms with Gasteiger partial charge >= 0.3 is 5.97 Å². The van der Waals surface area contributed by atoms with Crippen molar-refractivity contribution in [2.24, 2.45) is 14.1 Å². The summed E-state index contributed by atoms with van der Waals surface area (Å²) in [6.45, 7) is 2.19. The van der Waals surface area contributed by atoms with Gasteiger partial charge < -0.3 is 13.9 Å². The highest BCUT2D eigenvalue weighted by atomic mass is 16.5. The minimum Gasteiger partial charge on any atom is -0.461 e. The zero-order valence-corrected chi connectivity index (χ0v) is 12.5. The SMILES string of the molecule is CCOC(=O)c1ccc(-c2cn(C)c3ccccc23)n1C. The van der Waals surface area contributed by atoms with Crippen LogP contribution in [-0.2, 0) is 18.8 Å². The Hall–Kier alpha value is -2.49. The summed E-state index contributed by atoms with van der Waals surface area (Å²) in [5.41, 5.74) is 3.87. The summed E-state index contributed by atoms with van der Waals surface area (Å²) in [7, 11) is 3.92. The smallest absolute Gasteiger partial charge is 0.354 e. The normalized spacial score (nSPS) is 11.0. The van der Waals surface area contributed by atoms with E-state index in [0.717, 1.165) is 11.3 Å². The van der Waals surface area contributed by atoms with Gasteiger partial charge in [-0.3, -0.25) is 0 Å². The molecule has 4 heteroatoms. The average molecular weight is 282 g/mol. The number of hydrogen-bond acceptors (Lipinski definition) is 2. The van der Waals surface area contributed by atoms with Crippen molar-refractivity contribution < 1.29 is 9.53 Å². The van der Waals surface area contributed by atoms with Crippen LogP contribution < -0.4 is 0 Å². The van der Waals surface area contributed by atoms with Crippen LogP contribution in [0.1, 0.15) is 17.4 Å². The van der Waals surface area contributed by atoms with E-state index in [1.807, 2.05) is 49.9 Å². The van der Waals surface area contributed by atoms with Gasteiger partial charge in [0.1, 0.15) is 5.69 Å². The zero-order chi connectivity index (χ0) is 15.0. The number of hydrogen-bond donors (Lipinski definition) is 0. The van der Waals surface area contributed by atoms with E-state index < -0.39 is 0 Å². The molecule has 108 valence electrons. The van der Waals surface area contributed by atoms with Crippen LogP contribution in [0.4, 0.5) is 0 Å². The van der Waals surface area contributed by atoms with E-state index in [4.69, 9.17) is 4.74 Å². The highest BCUT2D eigenvalue weighted by Gasteiger charge is 2.17. The van der Waals surface area contributed by atoms with E-state index in [2.05, 4.69) is 22.9 Å². The van der Waals surface area contributed by atoms with Gasteiger partial charge in [-0.25, -0.2) is 4.79 Å². The van der Waals surface area contributed by atoms with Gasteiger partial charge in [0.2, 0.25) is 0 Å². The van der Waals surface area contributed by atoms with Crippen molar-refractivity contribution in [1.82, 2.24) is 9.13 Å². The van der Waals surface area contributed by atoms with Crippen LogP contribution in [0, 0.1) is 0 Å². The van der Waals surface area contributed by atoms with Crippen LogP contribution in [0.15, 0.2) is 42.6 Å². The van der Waals surface area contributed by atoms with Crippen molar-refractivity contribution in [1.29, 1.82) is 0 Å². The number of benzene rings is 1. The van der Waals surface area contributed by atoms with Crippen molar-refractivity contribution in [2.75, 3.05) is 6.61 Å². The van der Waals surface area contributed by atoms with Gasteiger partial charge in [0.05, 0.1) is 12.3 Å². The van der Waals surface area contributed by atoms with Crippen molar-refractivity contribution in [2.45, 2.75) is 6.92 Å². The number of ether oxygens (including phenoxy) is 1. The van der Waals surface area contributed by atoms with Gasteiger partial charge in [0.15, 0.2) is 0 Å². The summed E-state index contributed by atoms with van der Waals surface area (Å²) in [6.07, 6.45) is 2.09. The Balaban J connectivity index is 2.14. The minimum atomic E-state index is -0.286. The average Bonchev–Trinajstić information content (AvgIpc) is 3.01. The third-order valence-corrected chi connectivity index (χ3v) is 3.78. The molecular weight excluding hydrogens is 264 g/mol. The number of fused-ring (bicyclic) bond motifs is 1. The van der Waals surface area contributed by atoms with Crippen LogP contribution in [-0.4, -0.2) is 21.7 Å². The van der Waals surface area contributed by atoms with Crippen LogP contribution in [0.25, 0.3) is 22.2 Å². The predicted molar refractivity (Wildman–Crippen MR) is 83.3 cm³/mol. The molecule has 0 fully saturated rings. The van der Waals surface area contributed by atoms with Crippen molar-refractivity contribution in [3.63, 3.8) is 0 Å². The molecule has 4 nitrogen and oxygen atoms in total. The number of aryl methyl sites for hydroxylation is 1. The van der Waals surface area contributed by atoms with E-state index in [-0.39, 0.29) is 5.97 Å². The molecule has 0 bridgehead atoms. The molecule has 0 radical (unpaired) electrons. The summed E-state index contributed by atoms with van der Waals surface area (Å²) >= 11 is 0. The highest BCUT2D eigenvalue weighted by molar-refractivity contribution is 5.97.